The molecule has 0 radical (unpaired) electrons. The summed E-state index contributed by atoms with van der Waals surface area (Å²) in [6, 6.07) is 7.83. The van der Waals surface area contributed by atoms with Crippen LogP contribution >= 0.6 is 0 Å². The summed E-state index contributed by atoms with van der Waals surface area (Å²) in [7, 11) is 0. The molecule has 0 aliphatic heterocycles. The first-order valence-corrected chi connectivity index (χ1v) is 4.90. The molecule has 0 unspecified atom stereocenters. The van der Waals surface area contributed by atoms with Crippen LogP contribution in [0.1, 0.15) is 26.4 Å². The normalized spacial score (nSPS) is 10.1. The monoisotopic (exact) mass is 230 g/mol. The number of ketones is 1. The van der Waals surface area contributed by atoms with Crippen molar-refractivity contribution in [3.63, 3.8) is 0 Å². The number of H-pyrrole nitrogens is 1. The van der Waals surface area contributed by atoms with Crippen molar-refractivity contribution >= 4 is 17.4 Å². The second-order valence-corrected chi connectivity index (χ2v) is 3.56. The topological polar surface area (TPSA) is 96.2 Å². The van der Waals surface area contributed by atoms with Gasteiger partial charge >= 0.3 is 5.97 Å². The SMILES string of the molecule is Nc1cccc(C(=O)c2c[nH]c(C(=O)O)c2)c1. The second kappa shape index (κ2) is 4.13. The maximum Gasteiger partial charge on any atom is 0.352 e. The standard InChI is InChI=1S/C12H10N2O3/c13-9-3-1-2-7(4-9)11(15)8-5-10(12(16)17)14-6-8/h1-6,14H,13H2,(H,16,17). The molecule has 0 fully saturated rings. The highest BCUT2D eigenvalue weighted by atomic mass is 16.4. The van der Waals surface area contributed by atoms with E-state index in [9.17, 15) is 9.59 Å². The number of nitrogen functional groups attached to an aromatic ring is 1. The smallest absolute Gasteiger partial charge is 0.352 e. The molecule has 0 atom stereocenters. The van der Waals surface area contributed by atoms with E-state index in [2.05, 4.69) is 4.98 Å². The Bertz CT molecular complexity index is 587. The summed E-state index contributed by atoms with van der Waals surface area (Å²) < 4.78 is 0. The summed E-state index contributed by atoms with van der Waals surface area (Å²) in [5, 5.41) is 8.73. The number of carboxylic acids is 1. The minimum atomic E-state index is -1.10. The van der Waals surface area contributed by atoms with Gasteiger partial charge in [0, 0.05) is 23.0 Å². The first-order chi connectivity index (χ1) is 8.08. The van der Waals surface area contributed by atoms with Gasteiger partial charge in [-0.25, -0.2) is 4.79 Å². The number of benzene rings is 1. The molecule has 0 spiro atoms. The van der Waals surface area contributed by atoms with Gasteiger partial charge in [0.15, 0.2) is 5.78 Å². The number of hydrogen-bond acceptors (Lipinski definition) is 3. The van der Waals surface area contributed by atoms with Crippen molar-refractivity contribution in [2.45, 2.75) is 0 Å². The maximum atomic E-state index is 12.0. The minimum absolute atomic E-state index is 0.0164. The van der Waals surface area contributed by atoms with Gasteiger partial charge in [0.05, 0.1) is 0 Å². The quantitative estimate of drug-likeness (QED) is 0.550. The first-order valence-electron chi connectivity index (χ1n) is 4.90. The van der Waals surface area contributed by atoms with E-state index in [0.29, 0.717) is 16.8 Å². The van der Waals surface area contributed by atoms with Crippen LogP contribution in [0.25, 0.3) is 0 Å². The number of anilines is 1. The van der Waals surface area contributed by atoms with E-state index in [-0.39, 0.29) is 11.5 Å². The van der Waals surface area contributed by atoms with Crippen LogP contribution in [-0.2, 0) is 0 Å². The average Bonchev–Trinajstić information content (AvgIpc) is 2.77. The van der Waals surface area contributed by atoms with Crippen molar-refractivity contribution in [3.8, 4) is 0 Å². The molecule has 2 aromatic rings. The van der Waals surface area contributed by atoms with Gasteiger partial charge in [-0.05, 0) is 18.2 Å². The highest BCUT2D eigenvalue weighted by molar-refractivity contribution is 6.10. The molecular weight excluding hydrogens is 220 g/mol. The molecule has 2 rings (SSSR count). The Hall–Kier alpha value is -2.56. The van der Waals surface area contributed by atoms with E-state index in [1.54, 1.807) is 24.3 Å². The number of hydrogen-bond donors (Lipinski definition) is 3. The van der Waals surface area contributed by atoms with Crippen LogP contribution in [-0.4, -0.2) is 21.8 Å². The zero-order valence-corrected chi connectivity index (χ0v) is 8.81. The van der Waals surface area contributed by atoms with Gasteiger partial charge in [0.2, 0.25) is 0 Å². The van der Waals surface area contributed by atoms with Gasteiger partial charge < -0.3 is 15.8 Å². The largest absolute Gasteiger partial charge is 0.477 e. The lowest BCUT2D eigenvalue weighted by Gasteiger charge is -1.99. The number of aromatic amines is 1. The number of aromatic nitrogens is 1. The first kappa shape index (κ1) is 10.9. The average molecular weight is 230 g/mol. The highest BCUT2D eigenvalue weighted by Crippen LogP contribution is 2.13. The fraction of sp³-hybridized carbons (Fsp3) is 0. The number of aromatic carboxylic acids is 1. The third-order valence-corrected chi connectivity index (χ3v) is 2.32. The summed E-state index contributed by atoms with van der Waals surface area (Å²) >= 11 is 0. The van der Waals surface area contributed by atoms with Crippen LogP contribution < -0.4 is 5.73 Å². The molecule has 5 heteroatoms. The second-order valence-electron chi connectivity index (χ2n) is 3.56. The molecule has 0 saturated carbocycles. The Morgan fingerprint density at radius 2 is 1.94 bits per heavy atom. The van der Waals surface area contributed by atoms with Crippen LogP contribution in [0.2, 0.25) is 0 Å². The number of carbonyl (C=O) groups is 2. The van der Waals surface area contributed by atoms with E-state index >= 15 is 0 Å². The lowest BCUT2D eigenvalue weighted by atomic mass is 10.1. The third kappa shape index (κ3) is 2.17. The molecule has 1 aromatic heterocycles. The van der Waals surface area contributed by atoms with E-state index in [0.717, 1.165) is 0 Å². The number of nitrogens with one attached hydrogen (secondary N) is 1. The van der Waals surface area contributed by atoms with Crippen LogP contribution in [0.15, 0.2) is 36.5 Å². The summed E-state index contributed by atoms with van der Waals surface area (Å²) in [6.07, 6.45) is 1.37. The number of carbonyl (C=O) groups excluding carboxylic acids is 1. The molecule has 86 valence electrons. The van der Waals surface area contributed by atoms with Gasteiger partial charge in [-0.2, -0.15) is 0 Å². The molecular formula is C12H10N2O3. The molecule has 0 aliphatic rings. The van der Waals surface area contributed by atoms with E-state index in [1.165, 1.54) is 12.3 Å². The Morgan fingerprint density at radius 1 is 1.18 bits per heavy atom. The Balaban J connectivity index is 2.34. The van der Waals surface area contributed by atoms with Crippen LogP contribution in [0.4, 0.5) is 5.69 Å². The van der Waals surface area contributed by atoms with Crippen LogP contribution in [0, 0.1) is 0 Å². The molecule has 0 saturated heterocycles. The zero-order chi connectivity index (χ0) is 12.4. The molecule has 4 N–H and O–H groups in total. The fourth-order valence-corrected chi connectivity index (χ4v) is 1.50. The predicted octanol–water partition coefficient (Wildman–Crippen LogP) is 1.53. The summed E-state index contributed by atoms with van der Waals surface area (Å²) in [5.74, 6) is -1.36. The van der Waals surface area contributed by atoms with Gasteiger partial charge in [0.1, 0.15) is 5.69 Å². The van der Waals surface area contributed by atoms with Crippen LogP contribution in [0.5, 0.6) is 0 Å². The third-order valence-electron chi connectivity index (χ3n) is 2.32. The van der Waals surface area contributed by atoms with Crippen molar-refractivity contribution < 1.29 is 14.7 Å². The Kier molecular flexibility index (Phi) is 2.66. The zero-order valence-electron chi connectivity index (χ0n) is 8.81. The van der Waals surface area contributed by atoms with Crippen molar-refractivity contribution in [1.29, 1.82) is 0 Å². The highest BCUT2D eigenvalue weighted by Gasteiger charge is 2.13. The molecule has 1 heterocycles. The Morgan fingerprint density at radius 3 is 2.53 bits per heavy atom. The van der Waals surface area contributed by atoms with Gasteiger partial charge in [0.25, 0.3) is 0 Å². The minimum Gasteiger partial charge on any atom is -0.477 e. The fourth-order valence-electron chi connectivity index (χ4n) is 1.50. The molecule has 1 aromatic carbocycles. The lowest BCUT2D eigenvalue weighted by Crippen LogP contribution is -2.01. The van der Waals surface area contributed by atoms with Crippen molar-refractivity contribution in [1.82, 2.24) is 4.98 Å². The molecule has 0 bridgehead atoms. The number of rotatable bonds is 3. The molecule has 0 aliphatic carbocycles. The van der Waals surface area contributed by atoms with E-state index in [4.69, 9.17) is 10.8 Å². The molecule has 17 heavy (non-hydrogen) atoms. The molecule has 5 nitrogen and oxygen atoms in total. The lowest BCUT2D eigenvalue weighted by molar-refractivity contribution is 0.0691. The maximum absolute atomic E-state index is 12.0. The van der Waals surface area contributed by atoms with Gasteiger partial charge in [-0.3, -0.25) is 4.79 Å². The summed E-state index contributed by atoms with van der Waals surface area (Å²) in [4.78, 5) is 25.1. The molecule has 0 amide bonds. The number of carboxylic acid groups (broad SMARTS) is 1. The van der Waals surface area contributed by atoms with E-state index in [1.807, 2.05) is 0 Å². The van der Waals surface area contributed by atoms with Crippen molar-refractivity contribution in [2.75, 3.05) is 5.73 Å². The number of nitrogens with two attached hydrogens (primary N) is 1. The van der Waals surface area contributed by atoms with Crippen molar-refractivity contribution in [3.05, 3.63) is 53.3 Å². The van der Waals surface area contributed by atoms with E-state index < -0.39 is 5.97 Å². The summed E-state index contributed by atoms with van der Waals surface area (Å²) in [5.41, 5.74) is 6.78. The van der Waals surface area contributed by atoms with Gasteiger partial charge in [-0.1, -0.05) is 12.1 Å². The predicted molar refractivity (Wildman–Crippen MR) is 62.0 cm³/mol. The Labute approximate surface area is 96.9 Å². The van der Waals surface area contributed by atoms with Gasteiger partial charge in [-0.15, -0.1) is 0 Å². The van der Waals surface area contributed by atoms with Crippen LogP contribution in [0.3, 0.4) is 0 Å². The summed E-state index contributed by atoms with van der Waals surface area (Å²) in [6.45, 7) is 0. The van der Waals surface area contributed by atoms with Crippen molar-refractivity contribution in [2.24, 2.45) is 0 Å².